The number of urea groups is 1. The highest BCUT2D eigenvalue weighted by molar-refractivity contribution is 6.04. The average Bonchev–Trinajstić information content (AvgIpc) is 3.32. The van der Waals surface area contributed by atoms with Gasteiger partial charge in [0.1, 0.15) is 18.3 Å². The van der Waals surface area contributed by atoms with E-state index < -0.39 is 78.1 Å². The lowest BCUT2D eigenvalue weighted by Gasteiger charge is -2.42. The van der Waals surface area contributed by atoms with Crippen LogP contribution in [0.5, 0.6) is 0 Å². The molecule has 2 fully saturated rings. The van der Waals surface area contributed by atoms with Crippen LogP contribution in [-0.2, 0) is 9.47 Å². The molecule has 0 aromatic heterocycles. The standard InChI is InChI=1S/C21H26N4O10/c1-22-19-23-9-25(20(32)24-19,17-14(29)13(28)11(7-26)34-17)18-16(31)21(33,12(8-27)35-18)15(30)10-5-3-2-4-6-10/h2-6,9,11-14,16-18,26-29,31,33H,7-8H2,1H3/p+1/t11-,12-,13-,14-,16-,17-,18-,21+,25?/m1/s1. The maximum Gasteiger partial charge on any atom is 0.433 e. The number of benzene rings is 1. The Balaban J connectivity index is 1.83. The molecule has 4 rings (SSSR count). The highest BCUT2D eigenvalue weighted by Gasteiger charge is 2.72. The predicted octanol–water partition coefficient (Wildman–Crippen LogP) is -3.33. The second-order valence-electron chi connectivity index (χ2n) is 8.45. The summed E-state index contributed by atoms with van der Waals surface area (Å²) < 4.78 is 9.98. The van der Waals surface area contributed by atoms with Crippen molar-refractivity contribution in [3.63, 3.8) is 0 Å². The number of carbonyl (C=O) groups excluding carboxylic acids is 2. The molecule has 14 heteroatoms. The quantitative estimate of drug-likeness (QED) is 0.154. The lowest BCUT2D eigenvalue weighted by Crippen LogP contribution is -2.74. The number of Topliss-reactive ketones (excluding diaryl/α,β-unsaturated/α-hetero) is 1. The smallest absolute Gasteiger partial charge is 0.394 e. The van der Waals surface area contributed by atoms with Crippen LogP contribution in [-0.4, -0.2) is 128 Å². The molecule has 2 saturated heterocycles. The Morgan fingerprint density at radius 3 is 2.34 bits per heavy atom. The fourth-order valence-electron chi connectivity index (χ4n) is 4.65. The molecule has 3 aliphatic rings. The van der Waals surface area contributed by atoms with E-state index in [0.29, 0.717) is 0 Å². The van der Waals surface area contributed by atoms with Crippen LogP contribution in [0.2, 0.25) is 0 Å². The Hall–Kier alpha value is -2.66. The summed E-state index contributed by atoms with van der Waals surface area (Å²) in [6.07, 6.45) is -11.2. The number of hydrogen-bond donors (Lipinski definition) is 7. The molecule has 0 saturated carbocycles. The summed E-state index contributed by atoms with van der Waals surface area (Å²) in [4.78, 5) is 34.5. The number of hydrogen-bond acceptors (Lipinski definition) is 11. The summed E-state index contributed by atoms with van der Waals surface area (Å²) in [6, 6.07) is 6.50. The SMILES string of the molecule is CN=C1N=C[N+]([C@@H]2O[C@H](CO)[C@@H](O)[C@H]2O)([C@@H]2O[C@H](CO)[C@](O)(C(=O)c3ccccc3)[C@@H]2O)C(=O)N1. The summed E-state index contributed by atoms with van der Waals surface area (Å²) in [7, 11) is 1.35. The van der Waals surface area contributed by atoms with Gasteiger partial charge < -0.3 is 40.1 Å². The van der Waals surface area contributed by atoms with Crippen molar-refractivity contribution in [2.24, 2.45) is 9.98 Å². The average molecular weight is 495 g/mol. The van der Waals surface area contributed by atoms with Crippen LogP contribution in [0.15, 0.2) is 40.3 Å². The lowest BCUT2D eigenvalue weighted by atomic mass is 9.84. The van der Waals surface area contributed by atoms with Crippen molar-refractivity contribution in [3.05, 3.63) is 35.9 Å². The summed E-state index contributed by atoms with van der Waals surface area (Å²) in [5, 5.41) is 65.5. The van der Waals surface area contributed by atoms with Gasteiger partial charge in [0.2, 0.25) is 24.8 Å². The van der Waals surface area contributed by atoms with Crippen molar-refractivity contribution in [3.8, 4) is 0 Å². The van der Waals surface area contributed by atoms with Crippen molar-refractivity contribution in [2.75, 3.05) is 20.3 Å². The number of nitrogens with zero attached hydrogens (tertiary/aromatic N) is 3. The second-order valence-corrected chi connectivity index (χ2v) is 8.45. The van der Waals surface area contributed by atoms with E-state index in [1.54, 1.807) is 6.07 Å². The van der Waals surface area contributed by atoms with Gasteiger partial charge in [0.15, 0.2) is 23.6 Å². The molecule has 2 amide bonds. The van der Waals surface area contributed by atoms with E-state index in [4.69, 9.17) is 9.47 Å². The molecule has 190 valence electrons. The number of aliphatic imine (C=N–C) groups is 2. The van der Waals surface area contributed by atoms with Crippen LogP contribution < -0.4 is 5.32 Å². The van der Waals surface area contributed by atoms with Gasteiger partial charge in [0.25, 0.3) is 0 Å². The third kappa shape index (κ3) is 3.70. The minimum Gasteiger partial charge on any atom is -0.394 e. The largest absolute Gasteiger partial charge is 0.433 e. The van der Waals surface area contributed by atoms with Crippen molar-refractivity contribution in [2.45, 2.75) is 48.6 Å². The molecule has 9 atom stereocenters. The maximum absolute atomic E-state index is 13.4. The lowest BCUT2D eigenvalue weighted by molar-refractivity contribution is -0.865. The number of ether oxygens (including phenoxy) is 2. The first-order chi connectivity index (χ1) is 16.7. The number of aliphatic hydroxyl groups excluding tert-OH is 5. The van der Waals surface area contributed by atoms with Crippen LogP contribution in [0.4, 0.5) is 4.79 Å². The molecule has 0 aliphatic carbocycles. The molecular weight excluding hydrogens is 468 g/mol. The molecule has 3 aliphatic heterocycles. The van der Waals surface area contributed by atoms with E-state index in [1.165, 1.54) is 31.3 Å². The minimum absolute atomic E-state index is 0.00776. The van der Waals surface area contributed by atoms with Gasteiger partial charge in [-0.15, -0.1) is 4.48 Å². The van der Waals surface area contributed by atoms with E-state index in [-0.39, 0.29) is 11.5 Å². The first-order valence-corrected chi connectivity index (χ1v) is 10.8. The van der Waals surface area contributed by atoms with Gasteiger partial charge in [0, 0.05) is 12.6 Å². The van der Waals surface area contributed by atoms with E-state index in [0.717, 1.165) is 6.34 Å². The van der Waals surface area contributed by atoms with Crippen molar-refractivity contribution in [1.82, 2.24) is 5.32 Å². The molecule has 0 bridgehead atoms. The van der Waals surface area contributed by atoms with E-state index >= 15 is 0 Å². The van der Waals surface area contributed by atoms with Gasteiger partial charge in [-0.05, 0) is 0 Å². The Morgan fingerprint density at radius 1 is 1.11 bits per heavy atom. The van der Waals surface area contributed by atoms with Crippen molar-refractivity contribution >= 4 is 24.1 Å². The number of carbonyl (C=O) groups is 2. The van der Waals surface area contributed by atoms with Crippen LogP contribution in [0.3, 0.4) is 0 Å². The van der Waals surface area contributed by atoms with Crippen molar-refractivity contribution in [1.29, 1.82) is 0 Å². The Bertz CT molecular complexity index is 1040. The second kappa shape index (κ2) is 9.42. The number of ketones is 1. The number of rotatable bonds is 6. The van der Waals surface area contributed by atoms with Gasteiger partial charge in [-0.1, -0.05) is 30.3 Å². The topological polar surface area (TPSA) is 211 Å². The fourth-order valence-corrected chi connectivity index (χ4v) is 4.65. The zero-order valence-electron chi connectivity index (χ0n) is 18.6. The Kier molecular flexibility index (Phi) is 6.85. The fraction of sp³-hybridized carbons (Fsp3) is 0.524. The van der Waals surface area contributed by atoms with Gasteiger partial charge in [-0.2, -0.15) is 4.99 Å². The molecule has 14 nitrogen and oxygen atoms in total. The Labute approximate surface area is 199 Å². The molecule has 1 aromatic carbocycles. The van der Waals surface area contributed by atoms with Crippen LogP contribution >= 0.6 is 0 Å². The molecule has 0 spiro atoms. The highest BCUT2D eigenvalue weighted by atomic mass is 16.6. The van der Waals surface area contributed by atoms with Gasteiger partial charge in [0.05, 0.1) is 13.2 Å². The molecule has 7 N–H and O–H groups in total. The summed E-state index contributed by atoms with van der Waals surface area (Å²) in [6.45, 7) is -1.63. The van der Waals surface area contributed by atoms with Gasteiger partial charge in [-0.25, -0.2) is 10.1 Å². The Morgan fingerprint density at radius 2 is 1.80 bits per heavy atom. The van der Waals surface area contributed by atoms with E-state index in [9.17, 15) is 40.2 Å². The van der Waals surface area contributed by atoms with Crippen LogP contribution in [0, 0.1) is 0 Å². The van der Waals surface area contributed by atoms with Gasteiger partial charge >= 0.3 is 6.03 Å². The summed E-state index contributed by atoms with van der Waals surface area (Å²) in [5.74, 6) is -1.10. The van der Waals surface area contributed by atoms with Crippen LogP contribution in [0.25, 0.3) is 0 Å². The molecule has 0 radical (unpaired) electrons. The predicted molar refractivity (Wildman–Crippen MR) is 116 cm³/mol. The molecule has 1 unspecified atom stereocenters. The molecule has 35 heavy (non-hydrogen) atoms. The number of guanidine groups is 1. The summed E-state index contributed by atoms with van der Waals surface area (Å²) in [5.41, 5.74) is -2.70. The monoisotopic (exact) mass is 495 g/mol. The van der Waals surface area contributed by atoms with Crippen LogP contribution in [0.1, 0.15) is 10.4 Å². The molecule has 1 aromatic rings. The van der Waals surface area contributed by atoms with Gasteiger partial charge in [-0.3, -0.25) is 9.79 Å². The zero-order valence-corrected chi connectivity index (χ0v) is 18.6. The zero-order chi connectivity index (χ0) is 25.5. The molecule has 3 heterocycles. The first-order valence-electron chi connectivity index (χ1n) is 10.8. The van der Waals surface area contributed by atoms with E-state index in [1.807, 2.05) is 0 Å². The number of quaternary nitrogens is 1. The first kappa shape index (κ1) is 25.4. The normalized spacial score (nSPS) is 42.4. The minimum atomic E-state index is -2.71. The third-order valence-electron chi connectivity index (χ3n) is 6.59. The number of amides is 2. The third-order valence-corrected chi connectivity index (χ3v) is 6.59. The summed E-state index contributed by atoms with van der Waals surface area (Å²) >= 11 is 0. The number of aliphatic hydroxyl groups is 6. The maximum atomic E-state index is 13.4. The van der Waals surface area contributed by atoms with E-state index in [2.05, 4.69) is 15.3 Å². The highest BCUT2D eigenvalue weighted by Crippen LogP contribution is 2.42. The number of nitrogens with one attached hydrogen (secondary N) is 1. The van der Waals surface area contributed by atoms with Crippen molar-refractivity contribution < 1.29 is 54.2 Å². The molecular formula is C21H27N4O10+.